The van der Waals surface area contributed by atoms with Gasteiger partial charge in [0.15, 0.2) is 9.84 Å². The van der Waals surface area contributed by atoms with E-state index in [0.717, 1.165) is 0 Å². The Morgan fingerprint density at radius 1 is 1.47 bits per heavy atom. The number of nitrogens with zero attached hydrogens (tertiary/aromatic N) is 2. The van der Waals surface area contributed by atoms with E-state index in [4.69, 9.17) is 0 Å². The molecule has 6 nitrogen and oxygen atoms in total. The maximum absolute atomic E-state index is 12.0. The van der Waals surface area contributed by atoms with Gasteiger partial charge in [0.05, 0.1) is 28.8 Å². The molecule has 1 fully saturated rings. The molecule has 0 saturated carbocycles. The highest BCUT2D eigenvalue weighted by Gasteiger charge is 2.29. The van der Waals surface area contributed by atoms with E-state index in [1.54, 1.807) is 10.9 Å². The molecule has 1 unspecified atom stereocenters. The van der Waals surface area contributed by atoms with E-state index in [0.29, 0.717) is 12.0 Å². The van der Waals surface area contributed by atoms with Crippen molar-refractivity contribution in [3.8, 4) is 0 Å². The van der Waals surface area contributed by atoms with Crippen LogP contribution in [0, 0.1) is 0 Å². The summed E-state index contributed by atoms with van der Waals surface area (Å²) >= 11 is 0. The quantitative estimate of drug-likeness (QED) is 0.860. The Labute approximate surface area is 113 Å². The zero-order valence-electron chi connectivity index (χ0n) is 11.4. The fraction of sp³-hybridized carbons (Fsp3) is 0.667. The largest absolute Gasteiger partial charge is 0.348 e. The van der Waals surface area contributed by atoms with Crippen molar-refractivity contribution >= 4 is 15.7 Å². The van der Waals surface area contributed by atoms with Crippen LogP contribution in [-0.4, -0.2) is 41.7 Å². The molecule has 0 aliphatic carbocycles. The summed E-state index contributed by atoms with van der Waals surface area (Å²) in [5.41, 5.74) is 0.272. The van der Waals surface area contributed by atoms with Gasteiger partial charge in [-0.25, -0.2) is 8.42 Å². The SMILES string of the molecule is CC(C)(C)n1cc(C(=O)NC2CCS(=O)(=O)C2)cn1. The van der Waals surface area contributed by atoms with E-state index in [1.165, 1.54) is 6.20 Å². The van der Waals surface area contributed by atoms with Gasteiger partial charge in [0, 0.05) is 12.2 Å². The molecule has 1 aromatic heterocycles. The second-order valence-electron chi connectivity index (χ2n) is 5.92. The number of sulfone groups is 1. The minimum Gasteiger partial charge on any atom is -0.348 e. The summed E-state index contributed by atoms with van der Waals surface area (Å²) < 4.78 is 24.4. The zero-order chi connectivity index (χ0) is 14.3. The van der Waals surface area contributed by atoms with Gasteiger partial charge in [-0.2, -0.15) is 5.10 Å². The molecule has 1 N–H and O–H groups in total. The second-order valence-corrected chi connectivity index (χ2v) is 8.15. The normalized spacial score (nSPS) is 22.4. The lowest BCUT2D eigenvalue weighted by Gasteiger charge is -2.18. The van der Waals surface area contributed by atoms with Crippen LogP contribution in [-0.2, 0) is 15.4 Å². The van der Waals surface area contributed by atoms with Crippen molar-refractivity contribution in [2.24, 2.45) is 0 Å². The van der Waals surface area contributed by atoms with Crippen LogP contribution in [0.3, 0.4) is 0 Å². The van der Waals surface area contributed by atoms with Crippen LogP contribution in [0.5, 0.6) is 0 Å². The molecule has 0 radical (unpaired) electrons. The highest BCUT2D eigenvalue weighted by atomic mass is 32.2. The van der Waals surface area contributed by atoms with Gasteiger partial charge in [-0.3, -0.25) is 9.48 Å². The highest BCUT2D eigenvalue weighted by molar-refractivity contribution is 7.91. The molecule has 1 aliphatic rings. The van der Waals surface area contributed by atoms with E-state index >= 15 is 0 Å². The number of amides is 1. The van der Waals surface area contributed by atoms with Gasteiger partial charge in [-0.15, -0.1) is 0 Å². The first-order chi connectivity index (χ1) is 8.67. The van der Waals surface area contributed by atoms with Gasteiger partial charge in [0.25, 0.3) is 5.91 Å². The fourth-order valence-corrected chi connectivity index (χ4v) is 3.66. The Kier molecular flexibility index (Phi) is 3.42. The lowest BCUT2D eigenvalue weighted by atomic mass is 10.1. The summed E-state index contributed by atoms with van der Waals surface area (Å²) in [6.45, 7) is 5.97. The first-order valence-corrected chi connectivity index (χ1v) is 8.06. The van der Waals surface area contributed by atoms with E-state index in [9.17, 15) is 13.2 Å². The monoisotopic (exact) mass is 285 g/mol. The number of rotatable bonds is 2. The average molecular weight is 285 g/mol. The van der Waals surface area contributed by atoms with Crippen LogP contribution in [0.2, 0.25) is 0 Å². The molecular weight excluding hydrogens is 266 g/mol. The van der Waals surface area contributed by atoms with Crippen molar-refractivity contribution in [1.82, 2.24) is 15.1 Å². The van der Waals surface area contributed by atoms with Gasteiger partial charge in [-0.05, 0) is 27.2 Å². The molecule has 106 valence electrons. The Morgan fingerprint density at radius 3 is 2.63 bits per heavy atom. The first kappa shape index (κ1) is 14.0. The highest BCUT2D eigenvalue weighted by Crippen LogP contribution is 2.15. The van der Waals surface area contributed by atoms with Gasteiger partial charge in [0.1, 0.15) is 0 Å². The smallest absolute Gasteiger partial charge is 0.254 e. The maximum atomic E-state index is 12.0. The third kappa shape index (κ3) is 3.34. The summed E-state index contributed by atoms with van der Waals surface area (Å²) in [6.07, 6.45) is 3.67. The third-order valence-corrected chi connectivity index (χ3v) is 4.87. The number of hydrogen-bond acceptors (Lipinski definition) is 4. The number of hydrogen-bond donors (Lipinski definition) is 1. The van der Waals surface area contributed by atoms with Gasteiger partial charge in [-0.1, -0.05) is 0 Å². The van der Waals surface area contributed by atoms with E-state index < -0.39 is 9.84 Å². The molecule has 1 atom stereocenters. The molecule has 7 heteroatoms. The molecule has 0 aromatic carbocycles. The van der Waals surface area contributed by atoms with E-state index in [2.05, 4.69) is 10.4 Å². The standard InChI is InChI=1S/C12H19N3O3S/c1-12(2,3)15-7-9(6-13-15)11(16)14-10-4-5-19(17,18)8-10/h6-7,10H,4-5,8H2,1-3H3,(H,14,16). The number of nitrogens with one attached hydrogen (secondary N) is 1. The molecular formula is C12H19N3O3S. The molecule has 1 amide bonds. The Bertz CT molecular complexity index is 584. The van der Waals surface area contributed by atoms with Crippen molar-refractivity contribution in [2.75, 3.05) is 11.5 Å². The van der Waals surface area contributed by atoms with Gasteiger partial charge in [0.2, 0.25) is 0 Å². The van der Waals surface area contributed by atoms with Crippen molar-refractivity contribution in [1.29, 1.82) is 0 Å². The lowest BCUT2D eigenvalue weighted by molar-refractivity contribution is 0.0941. The van der Waals surface area contributed by atoms with Crippen molar-refractivity contribution < 1.29 is 13.2 Å². The molecule has 1 aromatic rings. The molecule has 1 aliphatic heterocycles. The van der Waals surface area contributed by atoms with Crippen LogP contribution in [0.1, 0.15) is 37.6 Å². The van der Waals surface area contributed by atoms with Crippen LogP contribution < -0.4 is 5.32 Å². The Morgan fingerprint density at radius 2 is 2.16 bits per heavy atom. The minimum atomic E-state index is -2.98. The summed E-state index contributed by atoms with van der Waals surface area (Å²) in [5.74, 6) is -0.0803. The van der Waals surface area contributed by atoms with Crippen molar-refractivity contribution in [3.63, 3.8) is 0 Å². The predicted octanol–water partition coefficient (Wildman–Crippen LogP) is 0.555. The van der Waals surface area contributed by atoms with Crippen molar-refractivity contribution in [3.05, 3.63) is 18.0 Å². The Hall–Kier alpha value is -1.37. The number of carbonyl (C=O) groups excluding carboxylic acids is 1. The first-order valence-electron chi connectivity index (χ1n) is 6.24. The molecule has 1 saturated heterocycles. The molecule has 0 spiro atoms. The molecule has 2 heterocycles. The minimum absolute atomic E-state index is 0.0339. The average Bonchev–Trinajstić information content (AvgIpc) is 2.84. The summed E-state index contributed by atoms with van der Waals surface area (Å²) in [5, 5.41) is 6.89. The Balaban J connectivity index is 2.03. The lowest BCUT2D eigenvalue weighted by Crippen LogP contribution is -2.35. The van der Waals surface area contributed by atoms with Crippen LogP contribution in [0.4, 0.5) is 0 Å². The molecule has 19 heavy (non-hydrogen) atoms. The number of carbonyl (C=O) groups is 1. The van der Waals surface area contributed by atoms with Gasteiger partial charge >= 0.3 is 0 Å². The van der Waals surface area contributed by atoms with Crippen LogP contribution >= 0.6 is 0 Å². The second kappa shape index (κ2) is 4.63. The van der Waals surface area contributed by atoms with E-state index in [1.807, 2.05) is 20.8 Å². The van der Waals surface area contributed by atoms with E-state index in [-0.39, 0.29) is 29.0 Å². The fourth-order valence-electron chi connectivity index (χ4n) is 1.98. The molecule has 0 bridgehead atoms. The van der Waals surface area contributed by atoms with Crippen LogP contribution in [0.25, 0.3) is 0 Å². The zero-order valence-corrected chi connectivity index (χ0v) is 12.2. The summed E-state index contributed by atoms with van der Waals surface area (Å²) in [7, 11) is -2.98. The van der Waals surface area contributed by atoms with Crippen molar-refractivity contribution in [2.45, 2.75) is 38.8 Å². The number of aromatic nitrogens is 2. The van der Waals surface area contributed by atoms with Crippen LogP contribution in [0.15, 0.2) is 12.4 Å². The topological polar surface area (TPSA) is 81.1 Å². The third-order valence-electron chi connectivity index (χ3n) is 3.10. The van der Waals surface area contributed by atoms with Gasteiger partial charge < -0.3 is 5.32 Å². The maximum Gasteiger partial charge on any atom is 0.254 e. The molecule has 2 rings (SSSR count). The summed E-state index contributed by atoms with van der Waals surface area (Å²) in [6, 6.07) is -0.282. The summed E-state index contributed by atoms with van der Waals surface area (Å²) in [4.78, 5) is 12.0. The predicted molar refractivity (Wildman–Crippen MR) is 71.7 cm³/mol.